The van der Waals surface area contributed by atoms with Gasteiger partial charge in [-0.2, -0.15) is 65.9 Å². The Bertz CT molecular complexity index is 760. The van der Waals surface area contributed by atoms with E-state index in [4.69, 9.17) is 0 Å². The van der Waals surface area contributed by atoms with E-state index in [9.17, 15) is 79.4 Å². The molecule has 0 N–H and O–H groups in total. The molecule has 0 heterocycles. The van der Waals surface area contributed by atoms with E-state index in [2.05, 4.69) is 16.1 Å². The summed E-state index contributed by atoms with van der Waals surface area (Å²) in [5, 5.41) is 0. The van der Waals surface area contributed by atoms with Crippen molar-refractivity contribution in [3.63, 3.8) is 0 Å². The minimum Gasteiger partial charge on any atom is -0.488 e. The number of allylic oxidation sites excluding steroid dienone is 1. The molecule has 0 aliphatic carbocycles. The maximum atomic E-state index is 14.4. The SMILES string of the molecule is C=CC(=O)OCC(CC)C(OC=C(C(F)(C(F)(F)F)C(F)(F)F)C(F)(C(F)(F)F)C(F)(F)F)C(F)(F)F. The summed E-state index contributed by atoms with van der Waals surface area (Å²) in [6, 6.07) is 0. The molecule has 0 amide bonds. The maximum Gasteiger partial charge on any atom is 0.435 e. The van der Waals surface area contributed by atoms with Crippen molar-refractivity contribution in [3.8, 4) is 0 Å². The predicted molar refractivity (Wildman–Crippen MR) is 85.8 cm³/mol. The third-order valence-electron chi connectivity index (χ3n) is 4.52. The first-order valence-electron chi connectivity index (χ1n) is 9.01. The Morgan fingerprint density at radius 3 is 1.32 bits per heavy atom. The van der Waals surface area contributed by atoms with Gasteiger partial charge >= 0.3 is 48.2 Å². The summed E-state index contributed by atoms with van der Waals surface area (Å²) in [7, 11) is 0. The molecule has 0 aliphatic heterocycles. The summed E-state index contributed by atoms with van der Waals surface area (Å²) in [6.07, 6.45) is -44.1. The van der Waals surface area contributed by atoms with Gasteiger partial charge in [-0.3, -0.25) is 0 Å². The fourth-order valence-corrected chi connectivity index (χ4v) is 2.60. The molecular formula is C17H13F17O3. The van der Waals surface area contributed by atoms with Gasteiger partial charge in [0.2, 0.25) is 0 Å². The van der Waals surface area contributed by atoms with Crippen LogP contribution in [0.5, 0.6) is 0 Å². The van der Waals surface area contributed by atoms with Crippen molar-refractivity contribution < 1.29 is 88.9 Å². The van der Waals surface area contributed by atoms with Crippen molar-refractivity contribution in [1.82, 2.24) is 0 Å². The van der Waals surface area contributed by atoms with Crippen LogP contribution in [-0.4, -0.2) is 60.9 Å². The average molecular weight is 588 g/mol. The second kappa shape index (κ2) is 10.7. The van der Waals surface area contributed by atoms with Gasteiger partial charge < -0.3 is 9.47 Å². The molecule has 0 aromatic carbocycles. The summed E-state index contributed by atoms with van der Waals surface area (Å²) in [5.41, 5.74) is -20.7. The third-order valence-corrected chi connectivity index (χ3v) is 4.52. The second-order valence-corrected chi connectivity index (χ2v) is 6.94. The Morgan fingerprint density at radius 2 is 1.08 bits per heavy atom. The van der Waals surface area contributed by atoms with Crippen LogP contribution in [0.15, 0.2) is 24.5 Å². The van der Waals surface area contributed by atoms with Crippen LogP contribution in [0.25, 0.3) is 0 Å². The largest absolute Gasteiger partial charge is 0.488 e. The summed E-state index contributed by atoms with van der Waals surface area (Å²) in [6.45, 7) is 2.11. The smallest absolute Gasteiger partial charge is 0.435 e. The molecule has 0 radical (unpaired) electrons. The summed E-state index contributed by atoms with van der Waals surface area (Å²) in [4.78, 5) is 11.0. The van der Waals surface area contributed by atoms with Gasteiger partial charge in [0.25, 0.3) is 0 Å². The van der Waals surface area contributed by atoms with Gasteiger partial charge in [-0.1, -0.05) is 13.5 Å². The molecule has 3 nitrogen and oxygen atoms in total. The van der Waals surface area contributed by atoms with Crippen LogP contribution < -0.4 is 0 Å². The van der Waals surface area contributed by atoms with Gasteiger partial charge in [-0.25, -0.2) is 13.6 Å². The second-order valence-electron chi connectivity index (χ2n) is 6.94. The van der Waals surface area contributed by atoms with Crippen LogP contribution in [0.1, 0.15) is 13.3 Å². The third kappa shape index (κ3) is 6.91. The molecule has 0 aromatic rings. The van der Waals surface area contributed by atoms with Gasteiger partial charge in [-0.05, 0) is 6.42 Å². The van der Waals surface area contributed by atoms with Crippen LogP contribution >= 0.6 is 0 Å². The number of ether oxygens (including phenoxy) is 2. The van der Waals surface area contributed by atoms with Crippen molar-refractivity contribution >= 4 is 5.97 Å². The van der Waals surface area contributed by atoms with E-state index >= 15 is 0 Å². The Labute approximate surface area is 194 Å². The maximum absolute atomic E-state index is 14.4. The number of hydrogen-bond donors (Lipinski definition) is 0. The van der Waals surface area contributed by atoms with Gasteiger partial charge in [0, 0.05) is 12.0 Å². The van der Waals surface area contributed by atoms with E-state index in [0.717, 1.165) is 6.92 Å². The molecular weight excluding hydrogens is 575 g/mol. The fourth-order valence-electron chi connectivity index (χ4n) is 2.60. The van der Waals surface area contributed by atoms with E-state index in [1.165, 1.54) is 0 Å². The van der Waals surface area contributed by atoms with E-state index in [1.54, 1.807) is 0 Å². The minimum absolute atomic E-state index is 0.350. The average Bonchev–Trinajstić information content (AvgIpc) is 2.67. The van der Waals surface area contributed by atoms with E-state index in [0.29, 0.717) is 6.08 Å². The lowest BCUT2D eigenvalue weighted by Gasteiger charge is -2.40. The number of carbonyl (C=O) groups excluding carboxylic acids is 1. The molecule has 0 rings (SSSR count). The highest BCUT2D eigenvalue weighted by Crippen LogP contribution is 2.61. The highest BCUT2D eigenvalue weighted by molar-refractivity contribution is 5.81. The molecule has 2 unspecified atom stereocenters. The van der Waals surface area contributed by atoms with Crippen LogP contribution in [0.4, 0.5) is 74.6 Å². The van der Waals surface area contributed by atoms with Gasteiger partial charge in [0.15, 0.2) is 6.10 Å². The molecule has 0 aliphatic rings. The Balaban J connectivity index is 7.44. The molecule has 20 heteroatoms. The van der Waals surface area contributed by atoms with Crippen LogP contribution in [-0.2, 0) is 14.3 Å². The molecule has 218 valence electrons. The lowest BCUT2D eigenvalue weighted by atomic mass is 9.81. The first-order chi connectivity index (χ1) is 16.1. The van der Waals surface area contributed by atoms with Crippen LogP contribution in [0.3, 0.4) is 0 Å². The van der Waals surface area contributed by atoms with Crippen LogP contribution in [0, 0.1) is 5.92 Å². The number of esters is 1. The normalized spacial score (nSPS) is 16.1. The number of halogens is 17. The molecule has 0 spiro atoms. The first-order valence-corrected chi connectivity index (χ1v) is 9.01. The topological polar surface area (TPSA) is 35.5 Å². The zero-order valence-electron chi connectivity index (χ0n) is 17.6. The van der Waals surface area contributed by atoms with Crippen LogP contribution in [0.2, 0.25) is 0 Å². The number of carbonyl (C=O) groups is 1. The minimum atomic E-state index is -7.87. The number of hydrogen-bond acceptors (Lipinski definition) is 3. The van der Waals surface area contributed by atoms with E-state index in [-0.39, 0.29) is 0 Å². The lowest BCUT2D eigenvalue weighted by molar-refractivity contribution is -0.364. The molecule has 37 heavy (non-hydrogen) atoms. The molecule has 0 saturated heterocycles. The number of alkyl halides is 17. The van der Waals surface area contributed by atoms with Crippen molar-refractivity contribution in [1.29, 1.82) is 0 Å². The molecule has 2 atom stereocenters. The van der Waals surface area contributed by atoms with Crippen molar-refractivity contribution in [2.75, 3.05) is 6.61 Å². The van der Waals surface area contributed by atoms with E-state index in [1.807, 2.05) is 0 Å². The Morgan fingerprint density at radius 1 is 0.730 bits per heavy atom. The van der Waals surface area contributed by atoms with Crippen molar-refractivity contribution in [2.45, 2.75) is 61.7 Å². The van der Waals surface area contributed by atoms with Gasteiger partial charge in [0.05, 0.1) is 18.4 Å². The van der Waals surface area contributed by atoms with Gasteiger partial charge in [-0.15, -0.1) is 0 Å². The van der Waals surface area contributed by atoms with Gasteiger partial charge in [0.1, 0.15) is 0 Å². The lowest BCUT2D eigenvalue weighted by Crippen LogP contribution is -2.66. The highest BCUT2D eigenvalue weighted by Gasteiger charge is 2.86. The first kappa shape index (κ1) is 34.6. The quantitative estimate of drug-likeness (QED) is 0.123. The Kier molecular flexibility index (Phi) is 10.0. The zero-order valence-corrected chi connectivity index (χ0v) is 17.6. The standard InChI is InChI=1S/C17H13F17O3/c1-3-7(5-36-9(35)4-2)10(13(20,21)22)37-6-8(11(18,14(23,24)25)15(26,27)28)12(19,16(29,30)31)17(32,33)34/h4,6-7,10H,2-3,5H2,1H3. The molecule has 0 aromatic heterocycles. The number of rotatable bonds is 9. The fraction of sp³-hybridized carbons (Fsp3) is 0.706. The monoisotopic (exact) mass is 588 g/mol. The van der Waals surface area contributed by atoms with Crippen molar-refractivity contribution in [3.05, 3.63) is 24.5 Å². The highest BCUT2D eigenvalue weighted by atomic mass is 19.4. The predicted octanol–water partition coefficient (Wildman–Crippen LogP) is 7.24. The summed E-state index contributed by atoms with van der Waals surface area (Å²) < 4.78 is 232. The molecule has 0 saturated carbocycles. The summed E-state index contributed by atoms with van der Waals surface area (Å²) in [5.74, 6) is -3.90. The van der Waals surface area contributed by atoms with E-state index < -0.39 is 85.1 Å². The Hall–Kier alpha value is -2.44. The molecule has 0 bridgehead atoms. The molecule has 0 fully saturated rings. The van der Waals surface area contributed by atoms with Crippen molar-refractivity contribution in [2.24, 2.45) is 5.92 Å². The zero-order chi connectivity index (χ0) is 30.1. The summed E-state index contributed by atoms with van der Waals surface area (Å²) >= 11 is 0.